The van der Waals surface area contributed by atoms with E-state index in [4.69, 9.17) is 0 Å². The summed E-state index contributed by atoms with van der Waals surface area (Å²) < 4.78 is 1.66. The lowest BCUT2D eigenvalue weighted by Gasteiger charge is -2.02. The monoisotopic (exact) mass is 392 g/mol. The molecule has 0 saturated carbocycles. The molecule has 0 saturated heterocycles. The van der Waals surface area contributed by atoms with Crippen LogP contribution in [-0.2, 0) is 11.8 Å². The van der Waals surface area contributed by atoms with Crippen LogP contribution >= 0.6 is 11.3 Å². The molecule has 0 aliphatic carbocycles. The Labute approximate surface area is 164 Å². The highest BCUT2D eigenvalue weighted by atomic mass is 32.1. The molecule has 3 aromatic heterocycles. The largest absolute Gasteiger partial charge is 0.316 e. The summed E-state index contributed by atoms with van der Waals surface area (Å²) in [4.78, 5) is 33.0. The maximum atomic E-state index is 12.7. The van der Waals surface area contributed by atoms with Crippen molar-refractivity contribution in [3.05, 3.63) is 54.4 Å². The summed E-state index contributed by atoms with van der Waals surface area (Å²) in [5, 5.41) is 10.7. The highest BCUT2D eigenvalue weighted by molar-refractivity contribution is 7.20. The lowest BCUT2D eigenvalue weighted by atomic mass is 10.2. The van der Waals surface area contributed by atoms with Crippen LogP contribution in [0, 0.1) is 0 Å². The molecule has 4 aromatic rings. The Kier molecular flexibility index (Phi) is 4.58. The Morgan fingerprint density at radius 3 is 2.64 bits per heavy atom. The van der Waals surface area contributed by atoms with Gasteiger partial charge >= 0.3 is 0 Å². The molecule has 0 radical (unpaired) electrons. The van der Waals surface area contributed by atoms with E-state index in [0.29, 0.717) is 26.9 Å². The number of carbonyl (C=O) groups excluding carboxylic acids is 2. The summed E-state index contributed by atoms with van der Waals surface area (Å²) in [6.45, 7) is 1.43. The Hall–Kier alpha value is -3.59. The van der Waals surface area contributed by atoms with Crippen LogP contribution in [0.2, 0.25) is 0 Å². The number of rotatable bonds is 4. The van der Waals surface area contributed by atoms with Gasteiger partial charge in [0.15, 0.2) is 5.13 Å². The van der Waals surface area contributed by atoms with Crippen LogP contribution in [0.25, 0.3) is 22.3 Å². The number of aryl methyl sites for hydroxylation is 1. The number of anilines is 2. The molecule has 0 fully saturated rings. The smallest absolute Gasteiger partial charge is 0.259 e. The van der Waals surface area contributed by atoms with Crippen LogP contribution in [0.5, 0.6) is 0 Å². The maximum absolute atomic E-state index is 12.7. The predicted molar refractivity (Wildman–Crippen MR) is 108 cm³/mol. The van der Waals surface area contributed by atoms with Crippen molar-refractivity contribution in [2.75, 3.05) is 10.6 Å². The van der Waals surface area contributed by atoms with Gasteiger partial charge in [-0.2, -0.15) is 5.10 Å². The van der Waals surface area contributed by atoms with Gasteiger partial charge in [0.25, 0.3) is 5.91 Å². The Morgan fingerprint density at radius 2 is 1.89 bits per heavy atom. The zero-order chi connectivity index (χ0) is 19.7. The van der Waals surface area contributed by atoms with E-state index >= 15 is 0 Å². The number of thiazole rings is 1. The Balaban J connectivity index is 1.65. The molecule has 9 heteroatoms. The third-order valence-corrected chi connectivity index (χ3v) is 4.93. The van der Waals surface area contributed by atoms with Crippen molar-refractivity contribution in [1.82, 2.24) is 19.7 Å². The van der Waals surface area contributed by atoms with Gasteiger partial charge in [-0.25, -0.2) is 4.98 Å². The number of benzene rings is 1. The van der Waals surface area contributed by atoms with Crippen LogP contribution in [0.4, 0.5) is 10.1 Å². The SMILES string of the molecule is CC(=O)Nc1sc(NC(=O)c2cnc3cnn(C)c3c2)nc1-c1ccccc1. The normalized spacial score (nSPS) is 10.8. The molecule has 2 N–H and O–H groups in total. The molecule has 3 heterocycles. The first-order chi connectivity index (χ1) is 13.5. The minimum atomic E-state index is -0.335. The summed E-state index contributed by atoms with van der Waals surface area (Å²) in [6.07, 6.45) is 3.14. The molecule has 0 atom stereocenters. The van der Waals surface area contributed by atoms with Gasteiger partial charge in [0.2, 0.25) is 5.91 Å². The molecular weight excluding hydrogens is 376 g/mol. The lowest BCUT2D eigenvalue weighted by Crippen LogP contribution is -2.12. The molecule has 1 aromatic carbocycles. The molecule has 0 aliphatic heterocycles. The molecule has 0 aliphatic rings. The standard InChI is InChI=1S/C19H16N6O2S/c1-11(26)22-18-16(12-6-4-3-5-7-12)23-19(28-18)24-17(27)13-8-15-14(20-9-13)10-21-25(15)2/h3-10H,1-2H3,(H,22,26)(H,23,24,27). The molecule has 2 amide bonds. The summed E-state index contributed by atoms with van der Waals surface area (Å²) in [5.41, 5.74) is 3.33. The fourth-order valence-corrected chi connectivity index (χ4v) is 3.66. The third-order valence-electron chi connectivity index (χ3n) is 4.05. The van der Waals surface area contributed by atoms with E-state index in [2.05, 4.69) is 25.7 Å². The summed E-state index contributed by atoms with van der Waals surface area (Å²) in [6, 6.07) is 11.2. The van der Waals surface area contributed by atoms with Crippen molar-refractivity contribution in [2.24, 2.45) is 7.05 Å². The van der Waals surface area contributed by atoms with E-state index < -0.39 is 0 Å². The third kappa shape index (κ3) is 3.47. The van der Waals surface area contributed by atoms with E-state index in [9.17, 15) is 9.59 Å². The molecular formula is C19H16N6O2S. The number of pyridine rings is 1. The van der Waals surface area contributed by atoms with Gasteiger partial charge in [-0.05, 0) is 6.07 Å². The Morgan fingerprint density at radius 1 is 1.11 bits per heavy atom. The zero-order valence-electron chi connectivity index (χ0n) is 15.1. The second-order valence-corrected chi connectivity index (χ2v) is 7.09. The first kappa shape index (κ1) is 17.8. The van der Waals surface area contributed by atoms with Gasteiger partial charge in [-0.15, -0.1) is 0 Å². The van der Waals surface area contributed by atoms with Gasteiger partial charge < -0.3 is 5.32 Å². The molecule has 8 nitrogen and oxygen atoms in total. The number of nitrogens with zero attached hydrogens (tertiary/aromatic N) is 4. The van der Waals surface area contributed by atoms with Crippen LogP contribution in [-0.4, -0.2) is 31.6 Å². The average Bonchev–Trinajstić information content (AvgIpc) is 3.25. The molecule has 28 heavy (non-hydrogen) atoms. The average molecular weight is 392 g/mol. The van der Waals surface area contributed by atoms with E-state index in [1.807, 2.05) is 30.3 Å². The minimum Gasteiger partial charge on any atom is -0.316 e. The van der Waals surface area contributed by atoms with Gasteiger partial charge in [0, 0.05) is 25.7 Å². The second-order valence-electron chi connectivity index (χ2n) is 6.09. The lowest BCUT2D eigenvalue weighted by molar-refractivity contribution is -0.114. The molecule has 0 unspecified atom stereocenters. The second kappa shape index (κ2) is 7.20. The molecule has 0 bridgehead atoms. The van der Waals surface area contributed by atoms with E-state index in [1.165, 1.54) is 24.5 Å². The van der Waals surface area contributed by atoms with Crippen LogP contribution in [0.3, 0.4) is 0 Å². The van der Waals surface area contributed by atoms with Crippen molar-refractivity contribution in [1.29, 1.82) is 0 Å². The van der Waals surface area contributed by atoms with Crippen molar-refractivity contribution >= 4 is 44.3 Å². The predicted octanol–water partition coefficient (Wildman–Crippen LogP) is 3.30. The fourth-order valence-electron chi connectivity index (χ4n) is 2.73. The van der Waals surface area contributed by atoms with Crippen molar-refractivity contribution < 1.29 is 9.59 Å². The first-order valence-electron chi connectivity index (χ1n) is 8.44. The Bertz CT molecular complexity index is 1180. The number of hydrogen-bond acceptors (Lipinski definition) is 6. The van der Waals surface area contributed by atoms with Crippen molar-refractivity contribution in [2.45, 2.75) is 6.92 Å². The maximum Gasteiger partial charge on any atom is 0.259 e. The van der Waals surface area contributed by atoms with E-state index in [0.717, 1.165) is 11.1 Å². The first-order valence-corrected chi connectivity index (χ1v) is 9.26. The quantitative estimate of drug-likeness (QED) is 0.555. The van der Waals surface area contributed by atoms with Crippen LogP contribution in [0.1, 0.15) is 17.3 Å². The number of aromatic nitrogens is 4. The molecule has 0 spiro atoms. The number of hydrogen-bond donors (Lipinski definition) is 2. The highest BCUT2D eigenvalue weighted by Gasteiger charge is 2.17. The number of amides is 2. The number of carbonyl (C=O) groups is 2. The van der Waals surface area contributed by atoms with Gasteiger partial charge in [0.05, 0.1) is 17.3 Å². The summed E-state index contributed by atoms with van der Waals surface area (Å²) >= 11 is 1.20. The minimum absolute atomic E-state index is 0.204. The van der Waals surface area contributed by atoms with Crippen LogP contribution < -0.4 is 10.6 Å². The van der Waals surface area contributed by atoms with Gasteiger partial charge in [-0.3, -0.25) is 24.6 Å². The summed E-state index contributed by atoms with van der Waals surface area (Å²) in [7, 11) is 1.79. The fraction of sp³-hybridized carbons (Fsp3) is 0.105. The van der Waals surface area contributed by atoms with Gasteiger partial charge in [-0.1, -0.05) is 41.7 Å². The van der Waals surface area contributed by atoms with E-state index in [-0.39, 0.29) is 11.8 Å². The van der Waals surface area contributed by atoms with E-state index in [1.54, 1.807) is 24.0 Å². The number of fused-ring (bicyclic) bond motifs is 1. The topological polar surface area (TPSA) is 102 Å². The van der Waals surface area contributed by atoms with Crippen molar-refractivity contribution in [3.8, 4) is 11.3 Å². The van der Waals surface area contributed by atoms with Gasteiger partial charge in [0.1, 0.15) is 16.2 Å². The zero-order valence-corrected chi connectivity index (χ0v) is 15.9. The van der Waals surface area contributed by atoms with Crippen molar-refractivity contribution in [3.63, 3.8) is 0 Å². The van der Waals surface area contributed by atoms with Crippen LogP contribution in [0.15, 0.2) is 48.8 Å². The molecule has 140 valence electrons. The number of nitrogens with one attached hydrogen (secondary N) is 2. The molecule has 4 rings (SSSR count). The highest BCUT2D eigenvalue weighted by Crippen LogP contribution is 2.36. The summed E-state index contributed by atoms with van der Waals surface area (Å²) in [5.74, 6) is -0.539.